The summed E-state index contributed by atoms with van der Waals surface area (Å²) >= 11 is 0. The number of hydrogen-bond donors (Lipinski definition) is 1. The van der Waals surface area contributed by atoms with Crippen LogP contribution in [0, 0.1) is 0 Å². The summed E-state index contributed by atoms with van der Waals surface area (Å²) in [7, 11) is 0. The van der Waals surface area contributed by atoms with Crippen LogP contribution in [0.3, 0.4) is 0 Å². The molecule has 0 aliphatic heterocycles. The van der Waals surface area contributed by atoms with Gasteiger partial charge in [0.1, 0.15) is 0 Å². The quantitative estimate of drug-likeness (QED) is 0.673. The van der Waals surface area contributed by atoms with Crippen LogP contribution in [-0.4, -0.2) is 15.4 Å². The smallest absolute Gasteiger partial charge is 0.345 e. The number of benzene rings is 1. The summed E-state index contributed by atoms with van der Waals surface area (Å²) < 4.78 is 0. The minimum absolute atomic E-state index is 0. The summed E-state index contributed by atoms with van der Waals surface area (Å²) in [5.74, 6) is 0. The molecule has 0 aliphatic rings. The Morgan fingerprint density at radius 1 is 1.23 bits per heavy atom. The maximum absolute atomic E-state index is 10.7. The zero-order chi connectivity index (χ0) is 7.68. The van der Waals surface area contributed by atoms with Crippen molar-refractivity contribution in [2.24, 2.45) is 0 Å². The van der Waals surface area contributed by atoms with Crippen molar-refractivity contribution in [3.05, 3.63) is 40.9 Å². The van der Waals surface area contributed by atoms with E-state index in [1.807, 2.05) is 24.3 Å². The van der Waals surface area contributed by atoms with E-state index in [-0.39, 0.29) is 23.6 Å². The second-order valence-corrected chi connectivity index (χ2v) is 2.28. The van der Waals surface area contributed by atoms with Crippen molar-refractivity contribution in [3.8, 4) is 0 Å². The first kappa shape index (κ1) is 11.6. The van der Waals surface area contributed by atoms with Crippen LogP contribution in [0.15, 0.2) is 35.3 Å². The average Bonchev–Trinajstić information content (AvgIpc) is 2.04. The molecule has 2 rings (SSSR count). The van der Waals surface area contributed by atoms with Crippen LogP contribution in [0.4, 0.5) is 0 Å². The third-order valence-electron chi connectivity index (χ3n) is 1.52. The molecule has 1 aromatic heterocycles. The highest BCUT2D eigenvalue weighted by Crippen LogP contribution is 2.05. The Kier molecular flexibility index (Phi) is 4.10. The SMILES string of the molecule is Cl.O.O=c1ncc2ccccc2[nH]1. The second-order valence-electron chi connectivity index (χ2n) is 2.28. The number of rotatable bonds is 0. The van der Waals surface area contributed by atoms with E-state index in [1.54, 1.807) is 6.20 Å². The van der Waals surface area contributed by atoms with Gasteiger partial charge < -0.3 is 10.5 Å². The van der Waals surface area contributed by atoms with Gasteiger partial charge in [-0.1, -0.05) is 18.2 Å². The maximum atomic E-state index is 10.7. The molecule has 5 heteroatoms. The lowest BCUT2D eigenvalue weighted by molar-refractivity contribution is 0.824. The molecular weight excluding hydrogens is 192 g/mol. The molecule has 0 amide bonds. The van der Waals surface area contributed by atoms with Gasteiger partial charge in [-0.2, -0.15) is 0 Å². The molecule has 3 N–H and O–H groups in total. The third-order valence-corrected chi connectivity index (χ3v) is 1.52. The third kappa shape index (κ3) is 2.27. The number of nitrogens with one attached hydrogen (secondary N) is 1. The molecule has 0 unspecified atom stereocenters. The van der Waals surface area contributed by atoms with E-state index in [2.05, 4.69) is 9.97 Å². The first-order valence-electron chi connectivity index (χ1n) is 3.30. The van der Waals surface area contributed by atoms with Crippen molar-refractivity contribution in [2.45, 2.75) is 0 Å². The van der Waals surface area contributed by atoms with Crippen LogP contribution in [-0.2, 0) is 0 Å². The highest BCUT2D eigenvalue weighted by molar-refractivity contribution is 5.85. The molecule has 1 aromatic carbocycles. The monoisotopic (exact) mass is 200 g/mol. The van der Waals surface area contributed by atoms with E-state index >= 15 is 0 Å². The fourth-order valence-electron chi connectivity index (χ4n) is 0.999. The van der Waals surface area contributed by atoms with Crippen LogP contribution >= 0.6 is 12.4 Å². The minimum Gasteiger partial charge on any atom is -0.412 e. The Bertz CT molecular complexity index is 441. The fourth-order valence-corrected chi connectivity index (χ4v) is 0.999. The molecule has 4 nitrogen and oxygen atoms in total. The lowest BCUT2D eigenvalue weighted by Crippen LogP contribution is -2.07. The Balaban J connectivity index is 0.000000720. The lowest BCUT2D eigenvalue weighted by Gasteiger charge is -1.92. The van der Waals surface area contributed by atoms with Gasteiger partial charge in [-0.15, -0.1) is 12.4 Å². The second kappa shape index (κ2) is 4.59. The summed E-state index contributed by atoms with van der Waals surface area (Å²) in [6.45, 7) is 0. The van der Waals surface area contributed by atoms with E-state index in [0.717, 1.165) is 10.9 Å². The first-order chi connectivity index (χ1) is 5.36. The Labute approximate surface area is 80.3 Å². The van der Waals surface area contributed by atoms with Gasteiger partial charge in [0, 0.05) is 11.6 Å². The molecule has 2 aromatic rings. The van der Waals surface area contributed by atoms with Gasteiger partial charge in [0.2, 0.25) is 0 Å². The van der Waals surface area contributed by atoms with Crippen molar-refractivity contribution in [1.29, 1.82) is 0 Å². The highest BCUT2D eigenvalue weighted by Gasteiger charge is 1.90. The number of H-pyrrole nitrogens is 1. The van der Waals surface area contributed by atoms with E-state index in [1.165, 1.54) is 0 Å². The summed E-state index contributed by atoms with van der Waals surface area (Å²) in [6, 6.07) is 7.53. The van der Waals surface area contributed by atoms with Gasteiger partial charge in [0.05, 0.1) is 5.52 Å². The number of halogens is 1. The number of para-hydroxylation sites is 1. The van der Waals surface area contributed by atoms with Gasteiger partial charge in [-0.25, -0.2) is 9.78 Å². The summed E-state index contributed by atoms with van der Waals surface area (Å²) in [5, 5.41) is 0.951. The predicted octanol–water partition coefficient (Wildman–Crippen LogP) is 0.520. The lowest BCUT2D eigenvalue weighted by atomic mass is 10.2. The molecule has 13 heavy (non-hydrogen) atoms. The Morgan fingerprint density at radius 3 is 2.69 bits per heavy atom. The normalized spacial score (nSPS) is 8.62. The Hall–Kier alpha value is -1.39. The van der Waals surface area contributed by atoms with Crippen LogP contribution in [0.25, 0.3) is 10.9 Å². The largest absolute Gasteiger partial charge is 0.412 e. The zero-order valence-electron chi connectivity index (χ0n) is 6.65. The molecule has 0 bridgehead atoms. The van der Waals surface area contributed by atoms with E-state index < -0.39 is 0 Å². The number of fused-ring (bicyclic) bond motifs is 1. The molecule has 70 valence electrons. The number of nitrogens with zero attached hydrogens (tertiary/aromatic N) is 1. The summed E-state index contributed by atoms with van der Waals surface area (Å²) in [5.41, 5.74) is 0.524. The Morgan fingerprint density at radius 2 is 1.92 bits per heavy atom. The van der Waals surface area contributed by atoms with Gasteiger partial charge in [0.15, 0.2) is 0 Å². The molecule has 0 fully saturated rings. The molecule has 0 saturated carbocycles. The predicted molar refractivity (Wildman–Crippen MR) is 53.2 cm³/mol. The number of aromatic nitrogens is 2. The summed E-state index contributed by atoms with van der Waals surface area (Å²) in [4.78, 5) is 16.9. The van der Waals surface area contributed by atoms with E-state index in [0.29, 0.717) is 0 Å². The van der Waals surface area contributed by atoms with Gasteiger partial charge in [-0.05, 0) is 6.07 Å². The fraction of sp³-hybridized carbons (Fsp3) is 0. The molecule has 0 aliphatic carbocycles. The first-order valence-corrected chi connectivity index (χ1v) is 3.30. The van der Waals surface area contributed by atoms with Crippen LogP contribution in [0.2, 0.25) is 0 Å². The molecule has 0 radical (unpaired) electrons. The van der Waals surface area contributed by atoms with Crippen LogP contribution < -0.4 is 5.69 Å². The van der Waals surface area contributed by atoms with Gasteiger partial charge >= 0.3 is 5.69 Å². The molecule has 0 saturated heterocycles. The van der Waals surface area contributed by atoms with Crippen molar-refractivity contribution < 1.29 is 5.48 Å². The van der Waals surface area contributed by atoms with Gasteiger partial charge in [-0.3, -0.25) is 0 Å². The zero-order valence-corrected chi connectivity index (χ0v) is 7.47. The van der Waals surface area contributed by atoms with Crippen molar-refractivity contribution in [2.75, 3.05) is 0 Å². The molecule has 0 spiro atoms. The maximum Gasteiger partial charge on any atom is 0.345 e. The summed E-state index contributed by atoms with van der Waals surface area (Å²) in [6.07, 6.45) is 1.56. The number of hydrogen-bond acceptors (Lipinski definition) is 2. The standard InChI is InChI=1S/C8H6N2O.ClH.H2O/c11-8-9-5-6-3-1-2-4-7(6)10-8;;/h1-5H,(H,9,10,11);1H;1H2. The molecular formula is C8H9ClN2O2. The van der Waals surface area contributed by atoms with E-state index in [4.69, 9.17) is 0 Å². The number of aromatic amines is 1. The van der Waals surface area contributed by atoms with Crippen molar-refractivity contribution in [3.63, 3.8) is 0 Å². The van der Waals surface area contributed by atoms with E-state index in [9.17, 15) is 4.79 Å². The molecule has 0 atom stereocenters. The van der Waals surface area contributed by atoms with Crippen molar-refractivity contribution in [1.82, 2.24) is 9.97 Å². The van der Waals surface area contributed by atoms with Gasteiger partial charge in [0.25, 0.3) is 0 Å². The van der Waals surface area contributed by atoms with Crippen LogP contribution in [0.1, 0.15) is 0 Å². The van der Waals surface area contributed by atoms with Crippen molar-refractivity contribution >= 4 is 23.3 Å². The highest BCUT2D eigenvalue weighted by atomic mass is 35.5. The topological polar surface area (TPSA) is 77.2 Å². The molecule has 1 heterocycles. The average molecular weight is 201 g/mol. The minimum atomic E-state index is -0.302. The van der Waals surface area contributed by atoms with Crippen LogP contribution in [0.5, 0.6) is 0 Å².